The molecule has 2 nitrogen and oxygen atoms in total. The number of benzene rings is 1. The van der Waals surface area contributed by atoms with Crippen molar-refractivity contribution in [2.45, 2.75) is 19.3 Å². The molecule has 2 rings (SSSR count). The Balaban J connectivity index is 1.89. The van der Waals surface area contributed by atoms with Crippen LogP contribution in [-0.4, -0.2) is 16.8 Å². The Bertz CT molecular complexity index is 441. The maximum atomic E-state index is 5.63. The lowest BCUT2D eigenvalue weighted by Gasteiger charge is -2.02. The van der Waals surface area contributed by atoms with Gasteiger partial charge in [-0.05, 0) is 36.5 Å². The summed E-state index contributed by atoms with van der Waals surface area (Å²) in [5.74, 6) is 0.767. The first kappa shape index (κ1) is 11.7. The molecular formula is C12H15ClN2S. The third kappa shape index (κ3) is 2.86. The quantitative estimate of drug-likeness (QED) is 0.620. The fourth-order valence-electron chi connectivity index (χ4n) is 1.61. The Labute approximate surface area is 105 Å². The van der Waals surface area contributed by atoms with Gasteiger partial charge in [0.15, 0.2) is 0 Å². The fraction of sp³-hybridized carbons (Fsp3) is 0.417. The van der Waals surface area contributed by atoms with Crippen LogP contribution in [0.5, 0.6) is 0 Å². The summed E-state index contributed by atoms with van der Waals surface area (Å²) in [4.78, 5) is 0. The summed E-state index contributed by atoms with van der Waals surface area (Å²) in [5.41, 5.74) is 1.08. The van der Waals surface area contributed by atoms with E-state index in [2.05, 4.69) is 21.8 Å². The molecular weight excluding hydrogens is 240 g/mol. The number of hydrogen-bond donors (Lipinski definition) is 1. The summed E-state index contributed by atoms with van der Waals surface area (Å²) < 4.78 is 4.39. The molecule has 0 bridgehead atoms. The molecule has 1 N–H and O–H groups in total. The zero-order chi connectivity index (χ0) is 11.2. The second-order valence-electron chi connectivity index (χ2n) is 3.71. The van der Waals surface area contributed by atoms with Gasteiger partial charge in [0.05, 0.1) is 5.52 Å². The van der Waals surface area contributed by atoms with Gasteiger partial charge in [0, 0.05) is 17.8 Å². The number of halogens is 1. The van der Waals surface area contributed by atoms with Crippen LogP contribution in [0.2, 0.25) is 0 Å². The lowest BCUT2D eigenvalue weighted by Crippen LogP contribution is -1.99. The number of hydrogen-bond acceptors (Lipinski definition) is 3. The largest absolute Gasteiger partial charge is 0.375 e. The molecule has 0 saturated carbocycles. The molecule has 1 aromatic heterocycles. The SMILES string of the molecule is ClCCCCCNc1snc2ccccc12. The predicted molar refractivity (Wildman–Crippen MR) is 72.7 cm³/mol. The summed E-state index contributed by atoms with van der Waals surface area (Å²) in [6.45, 7) is 1.00. The minimum atomic E-state index is 0.767. The number of rotatable bonds is 6. The van der Waals surface area contributed by atoms with Crippen molar-refractivity contribution in [3.63, 3.8) is 0 Å². The lowest BCUT2D eigenvalue weighted by atomic mass is 10.2. The number of unbranched alkanes of at least 4 members (excludes halogenated alkanes) is 2. The first-order valence-electron chi connectivity index (χ1n) is 5.56. The minimum absolute atomic E-state index is 0.767. The zero-order valence-electron chi connectivity index (χ0n) is 9.08. The highest BCUT2D eigenvalue weighted by atomic mass is 35.5. The van der Waals surface area contributed by atoms with Gasteiger partial charge in [0.25, 0.3) is 0 Å². The van der Waals surface area contributed by atoms with E-state index in [0.717, 1.165) is 24.4 Å². The molecule has 0 unspecified atom stereocenters. The summed E-state index contributed by atoms with van der Waals surface area (Å²) in [6.07, 6.45) is 3.46. The normalized spacial score (nSPS) is 10.8. The van der Waals surface area contributed by atoms with Crippen LogP contribution in [0.1, 0.15) is 19.3 Å². The third-order valence-corrected chi connectivity index (χ3v) is 3.58. The molecule has 1 heterocycles. The van der Waals surface area contributed by atoms with E-state index in [1.807, 2.05) is 12.1 Å². The van der Waals surface area contributed by atoms with Crippen molar-refractivity contribution in [3.05, 3.63) is 24.3 Å². The van der Waals surface area contributed by atoms with Crippen LogP contribution >= 0.6 is 23.1 Å². The first-order chi connectivity index (χ1) is 7.92. The van der Waals surface area contributed by atoms with Crippen molar-refractivity contribution in [2.75, 3.05) is 17.7 Å². The molecule has 2 aromatic rings. The van der Waals surface area contributed by atoms with Crippen molar-refractivity contribution < 1.29 is 0 Å². The molecule has 0 fully saturated rings. The van der Waals surface area contributed by atoms with Crippen molar-refractivity contribution in [1.82, 2.24) is 4.37 Å². The molecule has 4 heteroatoms. The van der Waals surface area contributed by atoms with Crippen molar-refractivity contribution in [3.8, 4) is 0 Å². The molecule has 0 amide bonds. The van der Waals surface area contributed by atoms with E-state index in [1.54, 1.807) is 0 Å². The molecule has 0 atom stereocenters. The highest BCUT2D eigenvalue weighted by Crippen LogP contribution is 2.27. The second-order valence-corrected chi connectivity index (χ2v) is 4.86. The van der Waals surface area contributed by atoms with Gasteiger partial charge in [-0.3, -0.25) is 0 Å². The number of fused-ring (bicyclic) bond motifs is 1. The standard InChI is InChI=1S/C12H15ClN2S/c13-8-4-1-5-9-14-12-10-6-2-3-7-11(10)15-16-12/h2-3,6-7,14H,1,4-5,8-9H2. The second kappa shape index (κ2) is 6.06. The Morgan fingerprint density at radius 3 is 2.94 bits per heavy atom. The van der Waals surface area contributed by atoms with E-state index in [-0.39, 0.29) is 0 Å². The van der Waals surface area contributed by atoms with Gasteiger partial charge in [-0.15, -0.1) is 11.6 Å². The third-order valence-electron chi connectivity index (χ3n) is 2.48. The molecule has 16 heavy (non-hydrogen) atoms. The van der Waals surface area contributed by atoms with E-state index in [1.165, 1.54) is 34.8 Å². The lowest BCUT2D eigenvalue weighted by molar-refractivity contribution is 0.748. The molecule has 0 aliphatic rings. The van der Waals surface area contributed by atoms with Crippen molar-refractivity contribution >= 4 is 39.0 Å². The van der Waals surface area contributed by atoms with Crippen LogP contribution in [0.4, 0.5) is 5.00 Å². The van der Waals surface area contributed by atoms with Crippen LogP contribution < -0.4 is 5.32 Å². The average Bonchev–Trinajstić information content (AvgIpc) is 2.73. The average molecular weight is 255 g/mol. The van der Waals surface area contributed by atoms with Gasteiger partial charge in [0.2, 0.25) is 0 Å². The Morgan fingerprint density at radius 1 is 1.19 bits per heavy atom. The van der Waals surface area contributed by atoms with Crippen LogP contribution in [-0.2, 0) is 0 Å². The molecule has 0 spiro atoms. The van der Waals surface area contributed by atoms with Gasteiger partial charge >= 0.3 is 0 Å². The van der Waals surface area contributed by atoms with Crippen LogP contribution in [0.3, 0.4) is 0 Å². The molecule has 0 aliphatic carbocycles. The molecule has 1 aromatic carbocycles. The molecule has 0 saturated heterocycles. The summed E-state index contributed by atoms with van der Waals surface area (Å²) in [6, 6.07) is 8.23. The summed E-state index contributed by atoms with van der Waals surface area (Å²) in [5, 5.41) is 5.85. The van der Waals surface area contributed by atoms with Crippen molar-refractivity contribution in [1.29, 1.82) is 0 Å². The number of aromatic nitrogens is 1. The van der Waals surface area contributed by atoms with Gasteiger partial charge in [-0.25, -0.2) is 0 Å². The molecule has 0 aliphatic heterocycles. The minimum Gasteiger partial charge on any atom is -0.375 e. The smallest absolute Gasteiger partial charge is 0.117 e. The van der Waals surface area contributed by atoms with E-state index >= 15 is 0 Å². The highest BCUT2D eigenvalue weighted by molar-refractivity contribution is 7.11. The predicted octanol–water partition coefficient (Wildman–Crippen LogP) is 4.12. The number of anilines is 1. The number of alkyl halides is 1. The van der Waals surface area contributed by atoms with E-state index < -0.39 is 0 Å². The zero-order valence-corrected chi connectivity index (χ0v) is 10.7. The fourth-order valence-corrected chi connectivity index (χ4v) is 2.59. The maximum absolute atomic E-state index is 5.63. The van der Waals surface area contributed by atoms with Gasteiger partial charge in [-0.2, -0.15) is 4.37 Å². The van der Waals surface area contributed by atoms with Crippen LogP contribution in [0, 0.1) is 0 Å². The number of nitrogens with one attached hydrogen (secondary N) is 1. The van der Waals surface area contributed by atoms with Crippen LogP contribution in [0.15, 0.2) is 24.3 Å². The van der Waals surface area contributed by atoms with Gasteiger partial charge in [-0.1, -0.05) is 18.6 Å². The van der Waals surface area contributed by atoms with Gasteiger partial charge < -0.3 is 5.32 Å². The van der Waals surface area contributed by atoms with E-state index in [9.17, 15) is 0 Å². The Morgan fingerprint density at radius 2 is 2.06 bits per heavy atom. The molecule has 86 valence electrons. The van der Waals surface area contributed by atoms with Crippen molar-refractivity contribution in [2.24, 2.45) is 0 Å². The maximum Gasteiger partial charge on any atom is 0.117 e. The topological polar surface area (TPSA) is 24.9 Å². The Kier molecular flexibility index (Phi) is 4.43. The van der Waals surface area contributed by atoms with E-state index in [4.69, 9.17) is 11.6 Å². The van der Waals surface area contributed by atoms with Gasteiger partial charge in [0.1, 0.15) is 5.00 Å². The summed E-state index contributed by atoms with van der Waals surface area (Å²) in [7, 11) is 0. The summed E-state index contributed by atoms with van der Waals surface area (Å²) >= 11 is 7.17. The highest BCUT2D eigenvalue weighted by Gasteiger charge is 2.03. The number of nitrogens with zero attached hydrogens (tertiary/aromatic N) is 1. The monoisotopic (exact) mass is 254 g/mol. The van der Waals surface area contributed by atoms with E-state index in [0.29, 0.717) is 0 Å². The first-order valence-corrected chi connectivity index (χ1v) is 6.87. The van der Waals surface area contributed by atoms with Crippen LogP contribution in [0.25, 0.3) is 10.9 Å². The Hall–Kier alpha value is -0.800. The molecule has 0 radical (unpaired) electrons.